The molecule has 0 heterocycles. The van der Waals surface area contributed by atoms with E-state index >= 15 is 0 Å². The van der Waals surface area contributed by atoms with Gasteiger partial charge in [-0.1, -0.05) is 24.3 Å². The molecule has 0 fully saturated rings. The summed E-state index contributed by atoms with van der Waals surface area (Å²) >= 11 is 5.35. The summed E-state index contributed by atoms with van der Waals surface area (Å²) in [6.45, 7) is 0. The lowest BCUT2D eigenvalue weighted by molar-refractivity contribution is 0.108. The van der Waals surface area contributed by atoms with Crippen LogP contribution in [0.3, 0.4) is 0 Å². The fraction of sp³-hybridized carbons (Fsp3) is 0. The summed E-state index contributed by atoms with van der Waals surface area (Å²) in [6.07, 6.45) is 0. The maximum atomic E-state index is 13.4. The van der Waals surface area contributed by atoms with Crippen molar-refractivity contribution in [2.45, 2.75) is 0 Å². The Morgan fingerprint density at radius 2 is 1.79 bits per heavy atom. The van der Waals surface area contributed by atoms with Gasteiger partial charge < -0.3 is 0 Å². The molecule has 0 aliphatic carbocycles. The van der Waals surface area contributed by atoms with Crippen LogP contribution in [0.1, 0.15) is 10.4 Å². The smallest absolute Gasteiger partial charge is 0.253 e. The summed E-state index contributed by atoms with van der Waals surface area (Å²) < 4.78 is 13.4. The first-order chi connectivity index (χ1) is 6.70. The minimum atomic E-state index is -0.638. The molecule has 2 rings (SSSR count). The summed E-state index contributed by atoms with van der Waals surface area (Å²) in [4.78, 5) is 11.0. The second-order valence-electron chi connectivity index (χ2n) is 2.92. The topological polar surface area (TPSA) is 17.1 Å². The monoisotopic (exact) mass is 208 g/mol. The highest BCUT2D eigenvalue weighted by Gasteiger charge is 2.10. The lowest BCUT2D eigenvalue weighted by Gasteiger charge is -2.02. The molecule has 0 N–H and O–H groups in total. The minimum absolute atomic E-state index is 0.210. The van der Waals surface area contributed by atoms with Crippen LogP contribution in [-0.2, 0) is 0 Å². The van der Waals surface area contributed by atoms with Crippen molar-refractivity contribution in [1.82, 2.24) is 0 Å². The second-order valence-corrected chi connectivity index (χ2v) is 3.26. The minimum Gasteiger partial charge on any atom is -0.276 e. The molecule has 2 aromatic rings. The van der Waals surface area contributed by atoms with Gasteiger partial charge in [-0.25, -0.2) is 4.39 Å². The Balaban J connectivity index is 2.91. The van der Waals surface area contributed by atoms with Gasteiger partial charge in [0.1, 0.15) is 5.82 Å². The molecule has 70 valence electrons. The van der Waals surface area contributed by atoms with E-state index in [0.717, 1.165) is 0 Å². The van der Waals surface area contributed by atoms with Gasteiger partial charge >= 0.3 is 0 Å². The number of carbonyl (C=O) groups excluding carboxylic acids is 1. The zero-order valence-corrected chi connectivity index (χ0v) is 7.88. The molecular formula is C11H6ClFO. The summed E-state index contributed by atoms with van der Waals surface area (Å²) in [5, 5.41) is 0.326. The van der Waals surface area contributed by atoms with E-state index in [1.54, 1.807) is 24.3 Å². The first-order valence-corrected chi connectivity index (χ1v) is 4.45. The standard InChI is InChI=1S/C11H6ClFO/c12-11(14)8-5-1-3-7-4-2-6-9(13)10(7)8/h1-6H. The molecule has 0 radical (unpaired) electrons. The number of fused-ring (bicyclic) bond motifs is 1. The van der Waals surface area contributed by atoms with Crippen molar-refractivity contribution in [2.75, 3.05) is 0 Å². The summed E-state index contributed by atoms with van der Waals surface area (Å²) in [7, 11) is 0. The van der Waals surface area contributed by atoms with E-state index in [-0.39, 0.29) is 10.9 Å². The van der Waals surface area contributed by atoms with E-state index in [0.29, 0.717) is 5.39 Å². The molecule has 0 aliphatic heterocycles. The normalized spacial score (nSPS) is 10.4. The molecule has 1 nitrogen and oxygen atoms in total. The predicted octanol–water partition coefficient (Wildman–Crippen LogP) is 3.36. The summed E-state index contributed by atoms with van der Waals surface area (Å²) in [5.74, 6) is -0.424. The molecule has 0 amide bonds. The number of carbonyl (C=O) groups is 1. The van der Waals surface area contributed by atoms with E-state index in [1.807, 2.05) is 0 Å². The predicted molar refractivity (Wildman–Crippen MR) is 54.1 cm³/mol. The third kappa shape index (κ3) is 1.38. The molecule has 3 heteroatoms. The maximum Gasteiger partial charge on any atom is 0.253 e. The lowest BCUT2D eigenvalue weighted by Crippen LogP contribution is -1.92. The van der Waals surface area contributed by atoms with Gasteiger partial charge in [0.2, 0.25) is 0 Å². The van der Waals surface area contributed by atoms with Crippen molar-refractivity contribution in [1.29, 1.82) is 0 Å². The molecule has 0 spiro atoms. The van der Waals surface area contributed by atoms with Gasteiger partial charge in [0.25, 0.3) is 5.24 Å². The van der Waals surface area contributed by atoms with E-state index < -0.39 is 11.1 Å². The number of hydrogen-bond donors (Lipinski definition) is 0. The van der Waals surface area contributed by atoms with Crippen molar-refractivity contribution < 1.29 is 9.18 Å². The maximum absolute atomic E-state index is 13.4. The van der Waals surface area contributed by atoms with Gasteiger partial charge in [0.15, 0.2) is 0 Å². The number of hydrogen-bond acceptors (Lipinski definition) is 1. The van der Waals surface area contributed by atoms with Crippen molar-refractivity contribution in [3.8, 4) is 0 Å². The first-order valence-electron chi connectivity index (χ1n) is 4.07. The third-order valence-corrected chi connectivity index (χ3v) is 2.27. The molecule has 2 aromatic carbocycles. The van der Waals surface area contributed by atoms with Crippen molar-refractivity contribution in [3.63, 3.8) is 0 Å². The molecule has 14 heavy (non-hydrogen) atoms. The number of halogens is 2. The molecule has 0 unspecified atom stereocenters. The molecule has 0 atom stereocenters. The van der Waals surface area contributed by atoms with E-state index in [1.165, 1.54) is 12.1 Å². The quantitative estimate of drug-likeness (QED) is 0.657. The van der Waals surface area contributed by atoms with Gasteiger partial charge in [-0.15, -0.1) is 0 Å². The van der Waals surface area contributed by atoms with Gasteiger partial charge in [-0.05, 0) is 29.1 Å². The highest BCUT2D eigenvalue weighted by molar-refractivity contribution is 6.68. The van der Waals surface area contributed by atoms with Crippen LogP contribution in [0.15, 0.2) is 36.4 Å². The third-order valence-electron chi connectivity index (χ3n) is 2.07. The van der Waals surface area contributed by atoms with Crippen molar-refractivity contribution in [2.24, 2.45) is 0 Å². The van der Waals surface area contributed by atoms with Gasteiger partial charge in [0, 0.05) is 10.9 Å². The van der Waals surface area contributed by atoms with Gasteiger partial charge in [0.05, 0.1) is 0 Å². The molecule has 0 saturated carbocycles. The Kier molecular flexibility index (Phi) is 2.22. The van der Waals surface area contributed by atoms with Crippen LogP contribution in [0.4, 0.5) is 4.39 Å². The zero-order chi connectivity index (χ0) is 10.1. The van der Waals surface area contributed by atoms with Gasteiger partial charge in [-0.2, -0.15) is 0 Å². The Hall–Kier alpha value is -1.41. The number of benzene rings is 2. The van der Waals surface area contributed by atoms with Crippen LogP contribution >= 0.6 is 11.6 Å². The largest absolute Gasteiger partial charge is 0.276 e. The second kappa shape index (κ2) is 3.39. The molecule has 0 aliphatic rings. The van der Waals surface area contributed by atoms with Gasteiger partial charge in [-0.3, -0.25) is 4.79 Å². The van der Waals surface area contributed by atoms with Crippen LogP contribution in [0.2, 0.25) is 0 Å². The van der Waals surface area contributed by atoms with Crippen molar-refractivity contribution in [3.05, 3.63) is 47.8 Å². The zero-order valence-electron chi connectivity index (χ0n) is 7.13. The van der Waals surface area contributed by atoms with E-state index in [4.69, 9.17) is 11.6 Å². The number of rotatable bonds is 1. The van der Waals surface area contributed by atoms with Crippen LogP contribution in [-0.4, -0.2) is 5.24 Å². The highest BCUT2D eigenvalue weighted by atomic mass is 35.5. The Morgan fingerprint density at radius 3 is 2.43 bits per heavy atom. The van der Waals surface area contributed by atoms with Crippen LogP contribution < -0.4 is 0 Å². The van der Waals surface area contributed by atoms with Crippen LogP contribution in [0.25, 0.3) is 10.8 Å². The summed E-state index contributed by atoms with van der Waals surface area (Å²) in [5.41, 5.74) is 0.210. The van der Waals surface area contributed by atoms with E-state index in [2.05, 4.69) is 0 Å². The van der Waals surface area contributed by atoms with Crippen LogP contribution in [0, 0.1) is 5.82 Å². The Bertz CT molecular complexity index is 502. The summed E-state index contributed by atoms with van der Waals surface area (Å²) in [6, 6.07) is 9.58. The Morgan fingerprint density at radius 1 is 1.14 bits per heavy atom. The Labute approximate surface area is 85.1 Å². The lowest BCUT2D eigenvalue weighted by atomic mass is 10.1. The average Bonchev–Trinajstić information content (AvgIpc) is 2.17. The molecule has 0 saturated heterocycles. The molecule has 0 aromatic heterocycles. The molecule has 0 bridgehead atoms. The van der Waals surface area contributed by atoms with E-state index in [9.17, 15) is 9.18 Å². The fourth-order valence-corrected chi connectivity index (χ4v) is 1.62. The average molecular weight is 209 g/mol. The first kappa shape index (κ1) is 9.16. The van der Waals surface area contributed by atoms with Crippen molar-refractivity contribution >= 4 is 27.6 Å². The van der Waals surface area contributed by atoms with Crippen LogP contribution in [0.5, 0.6) is 0 Å². The SMILES string of the molecule is O=C(Cl)c1cccc2cccc(F)c12. The fourth-order valence-electron chi connectivity index (χ4n) is 1.46. The molecular weight excluding hydrogens is 203 g/mol. The highest BCUT2D eigenvalue weighted by Crippen LogP contribution is 2.22.